The maximum atomic E-state index is 13.8. The molecule has 25 heavy (non-hydrogen) atoms. The van der Waals surface area contributed by atoms with Gasteiger partial charge in [0.15, 0.2) is 11.6 Å². The van der Waals surface area contributed by atoms with Crippen LogP contribution in [0.1, 0.15) is 0 Å². The Morgan fingerprint density at radius 1 is 1.04 bits per heavy atom. The number of anilines is 3. The van der Waals surface area contributed by atoms with Crippen LogP contribution in [0.2, 0.25) is 0 Å². The Bertz CT molecular complexity index is 991. The minimum Gasteiger partial charge on any atom is -0.337 e. The van der Waals surface area contributed by atoms with Gasteiger partial charge < -0.3 is 10.6 Å². The first-order valence-electron chi connectivity index (χ1n) is 7.07. The fourth-order valence-electron chi connectivity index (χ4n) is 2.17. The molecule has 5 nitrogen and oxygen atoms in total. The van der Waals surface area contributed by atoms with Crippen molar-refractivity contribution in [3.8, 4) is 0 Å². The molecule has 0 saturated carbocycles. The highest BCUT2D eigenvalue weighted by atomic mass is 19.2. The van der Waals surface area contributed by atoms with Crippen molar-refractivity contribution < 1.29 is 18.0 Å². The first-order valence-corrected chi connectivity index (χ1v) is 7.07. The molecule has 0 spiro atoms. The van der Waals surface area contributed by atoms with Gasteiger partial charge in [0.25, 0.3) is 0 Å². The van der Waals surface area contributed by atoms with Gasteiger partial charge in [0, 0.05) is 23.2 Å². The SMILES string of the molecule is C=C[11C](=O)Nc1ccc2ncnc(Nc3cc(F)c(F)cc3F)c2c1. The summed E-state index contributed by atoms with van der Waals surface area (Å²) < 4.78 is 40.2. The van der Waals surface area contributed by atoms with Crippen LogP contribution in [-0.2, 0) is 4.79 Å². The van der Waals surface area contributed by atoms with Crippen LogP contribution < -0.4 is 10.6 Å². The second-order valence-corrected chi connectivity index (χ2v) is 5.02. The molecule has 0 fully saturated rings. The molecule has 0 aliphatic heterocycles. The molecule has 0 aliphatic rings. The van der Waals surface area contributed by atoms with Crippen molar-refractivity contribution in [2.45, 2.75) is 0 Å². The van der Waals surface area contributed by atoms with Crippen molar-refractivity contribution in [3.63, 3.8) is 0 Å². The monoisotopic (exact) mass is 343 g/mol. The molecule has 126 valence electrons. The predicted molar refractivity (Wildman–Crippen MR) is 88.0 cm³/mol. The number of aromatic nitrogens is 2. The first-order chi connectivity index (χ1) is 12.0. The Hall–Kier alpha value is -3.42. The molecule has 0 atom stereocenters. The van der Waals surface area contributed by atoms with Crippen LogP contribution >= 0.6 is 0 Å². The Kier molecular flexibility index (Phi) is 4.34. The van der Waals surface area contributed by atoms with Gasteiger partial charge in [-0.2, -0.15) is 0 Å². The fourth-order valence-corrected chi connectivity index (χ4v) is 2.17. The molecule has 3 rings (SSSR count). The molecule has 2 aromatic carbocycles. The number of carbonyl (C=O) groups is 1. The second kappa shape index (κ2) is 6.60. The van der Waals surface area contributed by atoms with Gasteiger partial charge in [-0.3, -0.25) is 4.79 Å². The summed E-state index contributed by atoms with van der Waals surface area (Å²) in [5.74, 6) is -3.69. The molecule has 2 N–H and O–H groups in total. The van der Waals surface area contributed by atoms with E-state index in [0.717, 1.165) is 6.08 Å². The molecule has 1 aromatic heterocycles. The predicted octanol–water partition coefficient (Wildman–Crippen LogP) is 3.92. The van der Waals surface area contributed by atoms with Gasteiger partial charge in [-0.25, -0.2) is 23.1 Å². The van der Waals surface area contributed by atoms with E-state index in [9.17, 15) is 18.0 Å². The third kappa shape index (κ3) is 3.42. The molecule has 8 heteroatoms. The van der Waals surface area contributed by atoms with Gasteiger partial charge in [-0.15, -0.1) is 0 Å². The molecule has 0 radical (unpaired) electrons. The van der Waals surface area contributed by atoms with Gasteiger partial charge in [0.05, 0.1) is 11.2 Å². The smallest absolute Gasteiger partial charge is 0.247 e. The molecule has 0 saturated heterocycles. The number of carbonyl (C=O) groups excluding carboxylic acids is 1. The van der Waals surface area contributed by atoms with E-state index in [2.05, 4.69) is 27.2 Å². The van der Waals surface area contributed by atoms with Crippen molar-refractivity contribution in [2.75, 3.05) is 10.6 Å². The molecule has 0 unspecified atom stereocenters. The lowest BCUT2D eigenvalue weighted by Crippen LogP contribution is -2.07. The standard InChI is InChI=1S/C17H11F3N4O/c1-2-16(25)23-9-3-4-14-10(5-9)17(22-8-21-14)24-15-7-12(19)11(18)6-13(15)20/h2-8H,1H2,(H,23,25)(H,21,22,24)/i16-1. The normalized spacial score (nSPS) is 10.5. The Labute approximate surface area is 140 Å². The van der Waals surface area contributed by atoms with Crippen molar-refractivity contribution in [2.24, 2.45) is 0 Å². The van der Waals surface area contributed by atoms with E-state index in [4.69, 9.17) is 0 Å². The summed E-state index contributed by atoms with van der Waals surface area (Å²) in [4.78, 5) is 19.5. The van der Waals surface area contributed by atoms with Crippen LogP contribution in [0.25, 0.3) is 10.9 Å². The summed E-state index contributed by atoms with van der Waals surface area (Å²) in [7, 11) is 0. The number of rotatable bonds is 4. The third-order valence-electron chi connectivity index (χ3n) is 3.35. The molecule has 1 heterocycles. The average Bonchev–Trinajstić information content (AvgIpc) is 2.60. The molecule has 3 aromatic rings. The van der Waals surface area contributed by atoms with E-state index in [1.807, 2.05) is 0 Å². The molecule has 0 bridgehead atoms. The highest BCUT2D eigenvalue weighted by Crippen LogP contribution is 2.28. The number of amides is 1. The maximum absolute atomic E-state index is 13.8. The van der Waals surface area contributed by atoms with Crippen LogP contribution in [0.3, 0.4) is 0 Å². The van der Waals surface area contributed by atoms with Crippen molar-refractivity contribution in [3.05, 3.63) is 66.8 Å². The van der Waals surface area contributed by atoms with E-state index in [1.54, 1.807) is 18.2 Å². The lowest BCUT2D eigenvalue weighted by molar-refractivity contribution is -0.111. The number of benzene rings is 2. The summed E-state index contributed by atoms with van der Waals surface area (Å²) in [5, 5.41) is 5.64. The summed E-state index contributed by atoms with van der Waals surface area (Å²) in [5.41, 5.74) is 0.678. The van der Waals surface area contributed by atoms with Gasteiger partial charge in [0.2, 0.25) is 5.91 Å². The number of halogens is 3. The highest BCUT2D eigenvalue weighted by Gasteiger charge is 2.12. The lowest BCUT2D eigenvalue weighted by Gasteiger charge is -2.11. The summed E-state index contributed by atoms with van der Waals surface area (Å²) in [6.45, 7) is 3.36. The van der Waals surface area contributed by atoms with Crippen molar-refractivity contribution in [1.29, 1.82) is 0 Å². The fraction of sp³-hybridized carbons (Fsp3) is 0. The molecule has 0 aliphatic carbocycles. The Balaban J connectivity index is 2.03. The van der Waals surface area contributed by atoms with Crippen LogP contribution in [-0.4, -0.2) is 15.9 Å². The topological polar surface area (TPSA) is 66.9 Å². The van der Waals surface area contributed by atoms with Gasteiger partial charge in [-0.05, 0) is 24.3 Å². The molecular formula is C17H11F3N4O. The quantitative estimate of drug-likeness (QED) is 0.557. The lowest BCUT2D eigenvalue weighted by atomic mass is 10.0. The van der Waals surface area contributed by atoms with Gasteiger partial charge >= 0.3 is 0 Å². The number of hydrogen-bond donors (Lipinski definition) is 2. The van der Waals surface area contributed by atoms with E-state index < -0.39 is 23.4 Å². The number of hydrogen-bond acceptors (Lipinski definition) is 4. The zero-order valence-electron chi connectivity index (χ0n) is 12.7. The van der Waals surface area contributed by atoms with Crippen molar-refractivity contribution >= 4 is 34.0 Å². The van der Waals surface area contributed by atoms with E-state index in [0.29, 0.717) is 28.7 Å². The Morgan fingerprint density at radius 2 is 1.80 bits per heavy atom. The first kappa shape index (κ1) is 16.4. The number of fused-ring (bicyclic) bond motifs is 1. The molecule has 1 amide bonds. The van der Waals surface area contributed by atoms with Gasteiger partial charge in [0.1, 0.15) is 18.0 Å². The summed E-state index contributed by atoms with van der Waals surface area (Å²) in [6, 6.07) is 5.96. The van der Waals surface area contributed by atoms with Crippen molar-refractivity contribution in [1.82, 2.24) is 9.97 Å². The van der Waals surface area contributed by atoms with Crippen LogP contribution in [0.15, 0.2) is 49.3 Å². The minimum atomic E-state index is -1.29. The van der Waals surface area contributed by atoms with Gasteiger partial charge in [-0.1, -0.05) is 6.58 Å². The summed E-state index contributed by atoms with van der Waals surface area (Å²) >= 11 is 0. The third-order valence-corrected chi connectivity index (χ3v) is 3.35. The zero-order valence-corrected chi connectivity index (χ0v) is 12.7. The summed E-state index contributed by atoms with van der Waals surface area (Å²) in [6.07, 6.45) is 2.35. The van der Waals surface area contributed by atoms with E-state index in [1.165, 1.54) is 6.33 Å². The van der Waals surface area contributed by atoms with Crippen LogP contribution in [0.5, 0.6) is 0 Å². The Morgan fingerprint density at radius 3 is 2.56 bits per heavy atom. The average molecular weight is 343 g/mol. The van der Waals surface area contributed by atoms with E-state index in [-0.39, 0.29) is 11.5 Å². The van der Waals surface area contributed by atoms with E-state index >= 15 is 0 Å². The zero-order chi connectivity index (χ0) is 18.0. The second-order valence-electron chi connectivity index (χ2n) is 5.02. The van der Waals surface area contributed by atoms with Crippen LogP contribution in [0.4, 0.5) is 30.4 Å². The maximum Gasteiger partial charge on any atom is 0.247 e. The minimum absolute atomic E-state index is 0.171. The number of nitrogens with one attached hydrogen (secondary N) is 2. The molecular weight excluding hydrogens is 332 g/mol. The number of nitrogens with zero attached hydrogens (tertiary/aromatic N) is 2. The largest absolute Gasteiger partial charge is 0.337 e. The highest BCUT2D eigenvalue weighted by molar-refractivity contribution is 6.01. The van der Waals surface area contributed by atoms with Crippen LogP contribution in [0, 0.1) is 17.5 Å².